The Hall–Kier alpha value is -0.430. The van der Waals surface area contributed by atoms with Gasteiger partial charge in [-0.2, -0.15) is 13.2 Å². The Balaban J connectivity index is 0.00000200. The van der Waals surface area contributed by atoms with Crippen LogP contribution in [0.4, 0.5) is 13.2 Å². The third kappa shape index (κ3) is 5.16. The van der Waals surface area contributed by atoms with Crippen LogP contribution >= 0.6 is 24.2 Å². The molecule has 0 aliphatic carbocycles. The number of alkyl halides is 3. The normalized spacial score (nSPS) is 23.6. The number of rotatable bonds is 3. The van der Waals surface area contributed by atoms with E-state index in [0.29, 0.717) is 5.92 Å². The summed E-state index contributed by atoms with van der Waals surface area (Å²) in [5.41, 5.74) is 2.74. The summed E-state index contributed by atoms with van der Waals surface area (Å²) in [4.78, 5) is 2.46. The fourth-order valence-electron chi connectivity index (χ4n) is 2.28. The van der Waals surface area contributed by atoms with Crippen molar-refractivity contribution in [2.24, 2.45) is 11.7 Å². The van der Waals surface area contributed by atoms with E-state index >= 15 is 0 Å². The lowest BCUT2D eigenvalue weighted by Crippen LogP contribution is -2.28. The zero-order valence-corrected chi connectivity index (χ0v) is 12.7. The molecule has 0 bridgehead atoms. The monoisotopic (exact) mass is 326 g/mol. The van der Waals surface area contributed by atoms with Crippen molar-refractivity contribution in [1.29, 1.82) is 0 Å². The molecule has 1 aliphatic rings. The maximum Gasteiger partial charge on any atom is 0.446 e. The van der Waals surface area contributed by atoms with E-state index in [9.17, 15) is 13.2 Å². The molecule has 0 radical (unpaired) electrons. The van der Waals surface area contributed by atoms with Gasteiger partial charge in [0.25, 0.3) is 0 Å². The van der Waals surface area contributed by atoms with E-state index in [0.717, 1.165) is 25.2 Å². The number of hydrogen-bond acceptors (Lipinski definition) is 3. The summed E-state index contributed by atoms with van der Waals surface area (Å²) in [5.74, 6) is 0.472. The number of nitrogens with two attached hydrogens (primary N) is 1. The first kappa shape index (κ1) is 17.6. The van der Waals surface area contributed by atoms with Gasteiger partial charge >= 0.3 is 5.51 Å². The highest BCUT2D eigenvalue weighted by atomic mass is 35.5. The van der Waals surface area contributed by atoms with Crippen LogP contribution < -0.4 is 5.73 Å². The summed E-state index contributed by atoms with van der Waals surface area (Å²) in [7, 11) is 0. The lowest BCUT2D eigenvalue weighted by Gasteiger charge is -2.15. The molecular formula is C13H18ClF3N2S. The van der Waals surface area contributed by atoms with E-state index in [1.807, 2.05) is 0 Å². The van der Waals surface area contributed by atoms with Crippen LogP contribution in [-0.4, -0.2) is 29.5 Å². The van der Waals surface area contributed by atoms with Crippen molar-refractivity contribution in [1.82, 2.24) is 4.90 Å². The average Bonchev–Trinajstić information content (AvgIpc) is 2.59. The van der Waals surface area contributed by atoms with E-state index in [1.54, 1.807) is 12.1 Å². The lowest BCUT2D eigenvalue weighted by molar-refractivity contribution is -0.0328. The van der Waals surface area contributed by atoms with E-state index in [2.05, 4.69) is 11.8 Å². The molecule has 7 heteroatoms. The van der Waals surface area contributed by atoms with Crippen molar-refractivity contribution in [2.75, 3.05) is 13.1 Å². The van der Waals surface area contributed by atoms with Crippen LogP contribution in [0.5, 0.6) is 0 Å². The van der Waals surface area contributed by atoms with Gasteiger partial charge in [0.1, 0.15) is 0 Å². The van der Waals surface area contributed by atoms with Crippen LogP contribution in [0.2, 0.25) is 0 Å². The zero-order valence-electron chi connectivity index (χ0n) is 11.1. The molecule has 1 saturated heterocycles. The summed E-state index contributed by atoms with van der Waals surface area (Å²) < 4.78 is 36.6. The van der Waals surface area contributed by atoms with Gasteiger partial charge in [0, 0.05) is 30.6 Å². The van der Waals surface area contributed by atoms with Crippen LogP contribution in [0, 0.1) is 5.92 Å². The van der Waals surface area contributed by atoms with Crippen molar-refractivity contribution in [3.05, 3.63) is 29.8 Å². The molecule has 2 rings (SSSR count). The van der Waals surface area contributed by atoms with Crippen molar-refractivity contribution in [3.63, 3.8) is 0 Å². The molecule has 1 aromatic rings. The van der Waals surface area contributed by atoms with Crippen molar-refractivity contribution in [3.8, 4) is 0 Å². The second-order valence-electron chi connectivity index (χ2n) is 5.03. The topological polar surface area (TPSA) is 29.3 Å². The predicted molar refractivity (Wildman–Crippen MR) is 78.0 cm³/mol. The molecule has 114 valence electrons. The van der Waals surface area contributed by atoms with Gasteiger partial charge in [0.05, 0.1) is 0 Å². The van der Waals surface area contributed by atoms with Gasteiger partial charge in [0.2, 0.25) is 0 Å². The number of likely N-dealkylation sites (tertiary alicyclic amines) is 1. The average molecular weight is 327 g/mol. The number of thioether (sulfide) groups is 1. The van der Waals surface area contributed by atoms with Crippen LogP contribution in [0.15, 0.2) is 29.2 Å². The molecule has 2 N–H and O–H groups in total. The van der Waals surface area contributed by atoms with Crippen molar-refractivity contribution < 1.29 is 13.2 Å². The van der Waals surface area contributed by atoms with E-state index in [1.165, 1.54) is 12.1 Å². The SMILES string of the molecule is CC1CN(Cc2ccc(SC(F)(F)F)cc2)CC1N.Cl. The maximum absolute atomic E-state index is 12.2. The van der Waals surface area contributed by atoms with E-state index < -0.39 is 5.51 Å². The highest BCUT2D eigenvalue weighted by Crippen LogP contribution is 2.36. The quantitative estimate of drug-likeness (QED) is 0.862. The summed E-state index contributed by atoms with van der Waals surface area (Å²) in [6.45, 7) is 4.66. The van der Waals surface area contributed by atoms with Gasteiger partial charge in [-0.05, 0) is 35.4 Å². The zero-order chi connectivity index (χ0) is 14.0. The summed E-state index contributed by atoms with van der Waals surface area (Å²) in [6, 6.07) is 6.74. The Labute approximate surface area is 127 Å². The second kappa shape index (κ2) is 7.02. The van der Waals surface area contributed by atoms with E-state index in [4.69, 9.17) is 5.73 Å². The van der Waals surface area contributed by atoms with Crippen LogP contribution in [0.25, 0.3) is 0 Å². The van der Waals surface area contributed by atoms with Gasteiger partial charge in [-0.1, -0.05) is 19.1 Å². The molecule has 1 fully saturated rings. The van der Waals surface area contributed by atoms with Crippen molar-refractivity contribution in [2.45, 2.75) is 29.9 Å². The van der Waals surface area contributed by atoms with E-state index in [-0.39, 0.29) is 35.1 Å². The molecular weight excluding hydrogens is 309 g/mol. The smallest absolute Gasteiger partial charge is 0.326 e. The molecule has 0 amide bonds. The van der Waals surface area contributed by atoms with Gasteiger partial charge in [-0.25, -0.2) is 0 Å². The van der Waals surface area contributed by atoms with Gasteiger partial charge in [0.15, 0.2) is 0 Å². The first-order valence-corrected chi connectivity index (χ1v) is 6.98. The van der Waals surface area contributed by atoms with Gasteiger partial charge in [-0.15, -0.1) is 12.4 Å². The standard InChI is InChI=1S/C13H17F3N2S.ClH/c1-9-6-18(8-12(9)17)7-10-2-4-11(5-3-10)19-13(14,15)16;/h2-5,9,12H,6-8,17H2,1H3;1H. The number of nitrogens with zero attached hydrogens (tertiary/aromatic N) is 1. The van der Waals surface area contributed by atoms with Crippen LogP contribution in [0.1, 0.15) is 12.5 Å². The number of benzene rings is 1. The summed E-state index contributed by atoms with van der Waals surface area (Å²) in [5, 5.41) is 0. The minimum Gasteiger partial charge on any atom is -0.326 e. The van der Waals surface area contributed by atoms with Crippen molar-refractivity contribution >= 4 is 24.2 Å². The predicted octanol–water partition coefficient (Wildman–Crippen LogP) is 3.50. The molecule has 1 aromatic carbocycles. The molecule has 0 aromatic heterocycles. The summed E-state index contributed by atoms with van der Waals surface area (Å²) in [6.07, 6.45) is 0. The molecule has 1 aliphatic heterocycles. The lowest BCUT2D eigenvalue weighted by atomic mass is 10.1. The molecule has 20 heavy (non-hydrogen) atoms. The molecule has 0 spiro atoms. The van der Waals surface area contributed by atoms with Crippen LogP contribution in [-0.2, 0) is 6.54 Å². The number of halogens is 4. The Morgan fingerprint density at radius 1 is 1.25 bits per heavy atom. The Morgan fingerprint density at radius 2 is 1.85 bits per heavy atom. The molecule has 1 heterocycles. The maximum atomic E-state index is 12.2. The van der Waals surface area contributed by atoms with Gasteiger partial charge < -0.3 is 5.73 Å². The Bertz CT molecular complexity index is 415. The fourth-order valence-corrected chi connectivity index (χ4v) is 2.82. The third-order valence-corrected chi connectivity index (χ3v) is 4.05. The Kier molecular flexibility index (Phi) is 6.19. The highest BCUT2D eigenvalue weighted by molar-refractivity contribution is 8.00. The molecule has 2 unspecified atom stereocenters. The van der Waals surface area contributed by atoms with Gasteiger partial charge in [-0.3, -0.25) is 4.90 Å². The minimum absolute atomic E-state index is 0. The fraction of sp³-hybridized carbons (Fsp3) is 0.538. The molecule has 2 nitrogen and oxygen atoms in total. The molecule has 2 atom stereocenters. The minimum atomic E-state index is -4.22. The summed E-state index contributed by atoms with van der Waals surface area (Å²) >= 11 is -0.0806. The Morgan fingerprint density at radius 3 is 2.30 bits per heavy atom. The first-order chi connectivity index (χ1) is 8.83. The van der Waals surface area contributed by atoms with Crippen LogP contribution in [0.3, 0.4) is 0 Å². The first-order valence-electron chi connectivity index (χ1n) is 6.16. The second-order valence-corrected chi connectivity index (χ2v) is 6.17. The molecule has 0 saturated carbocycles. The number of hydrogen-bond donors (Lipinski definition) is 1. The third-order valence-electron chi connectivity index (χ3n) is 3.31. The highest BCUT2D eigenvalue weighted by Gasteiger charge is 2.29. The largest absolute Gasteiger partial charge is 0.446 e.